The Morgan fingerprint density at radius 1 is 1.11 bits per heavy atom. The highest BCUT2D eigenvalue weighted by molar-refractivity contribution is 8.18. The normalized spacial score (nSPS) is 16.9. The van der Waals surface area contributed by atoms with Gasteiger partial charge in [0.1, 0.15) is 11.5 Å². The molecule has 0 atom stereocenters. The number of aromatic hydroxyl groups is 2. The summed E-state index contributed by atoms with van der Waals surface area (Å²) in [6, 6.07) is 12.3. The molecule has 0 bridgehead atoms. The molecule has 140 valence electrons. The lowest BCUT2D eigenvalue weighted by atomic mass is 10.1. The Morgan fingerprint density at radius 3 is 2.59 bits per heavy atom. The van der Waals surface area contributed by atoms with E-state index in [1.807, 2.05) is 12.1 Å². The number of unbranched alkanes of at least 4 members (excludes halogenated alkanes) is 2. The van der Waals surface area contributed by atoms with Crippen LogP contribution in [0.4, 0.5) is 5.69 Å². The molecule has 5 nitrogen and oxygen atoms in total. The number of nitrogens with zero attached hydrogens (tertiary/aromatic N) is 1. The van der Waals surface area contributed by atoms with Gasteiger partial charge in [-0.1, -0.05) is 31.9 Å². The highest BCUT2D eigenvalue weighted by Crippen LogP contribution is 2.31. The van der Waals surface area contributed by atoms with Gasteiger partial charge in [-0.3, -0.25) is 4.79 Å². The van der Waals surface area contributed by atoms with E-state index >= 15 is 0 Å². The minimum Gasteiger partial charge on any atom is -0.508 e. The average Bonchev–Trinajstić information content (AvgIpc) is 2.98. The molecule has 2 aromatic carbocycles. The largest absolute Gasteiger partial charge is 0.508 e. The van der Waals surface area contributed by atoms with Crippen LogP contribution in [0, 0.1) is 0 Å². The van der Waals surface area contributed by atoms with Crippen molar-refractivity contribution in [1.82, 2.24) is 5.32 Å². The zero-order valence-corrected chi connectivity index (χ0v) is 15.9. The van der Waals surface area contributed by atoms with Crippen LogP contribution in [0.2, 0.25) is 0 Å². The Bertz CT molecular complexity index is 889. The lowest BCUT2D eigenvalue weighted by Crippen LogP contribution is -2.19. The van der Waals surface area contributed by atoms with Crippen molar-refractivity contribution >= 4 is 34.6 Å². The predicted octanol–water partition coefficient (Wildman–Crippen LogP) is 4.72. The molecule has 0 aromatic heterocycles. The molecule has 2 aromatic rings. The minimum absolute atomic E-state index is 0.0291. The zero-order valence-electron chi connectivity index (χ0n) is 15.1. The minimum atomic E-state index is -0.262. The number of phenols is 2. The second kappa shape index (κ2) is 8.77. The fourth-order valence-electron chi connectivity index (χ4n) is 2.71. The third-order valence-electron chi connectivity index (χ3n) is 4.19. The van der Waals surface area contributed by atoms with Crippen LogP contribution in [-0.2, 0) is 11.2 Å². The molecule has 27 heavy (non-hydrogen) atoms. The molecule has 0 saturated carbocycles. The van der Waals surface area contributed by atoms with Crippen LogP contribution in [-0.4, -0.2) is 21.3 Å². The van der Waals surface area contributed by atoms with E-state index in [1.165, 1.54) is 48.7 Å². The standard InChI is InChI=1S/C21H22N2O3S/c1-2-3-4-5-14-6-9-16(10-7-14)22-21-23-20(26)19(27-21)12-15-8-11-17(24)13-18(15)25/h6-13,24-25H,2-5H2,1H3,(H,22,23,26)/b19-12-. The Morgan fingerprint density at radius 2 is 1.89 bits per heavy atom. The van der Waals surface area contributed by atoms with Crippen LogP contribution in [0.1, 0.15) is 37.3 Å². The summed E-state index contributed by atoms with van der Waals surface area (Å²) in [5, 5.41) is 22.5. The molecule has 1 aliphatic heterocycles. The lowest BCUT2D eigenvalue weighted by molar-refractivity contribution is -0.115. The first-order valence-electron chi connectivity index (χ1n) is 8.95. The molecule has 0 radical (unpaired) electrons. The van der Waals surface area contributed by atoms with Gasteiger partial charge in [0.15, 0.2) is 5.17 Å². The first kappa shape index (κ1) is 19.0. The van der Waals surface area contributed by atoms with Crippen LogP contribution < -0.4 is 5.32 Å². The number of carbonyl (C=O) groups excluding carboxylic acids is 1. The molecule has 3 N–H and O–H groups in total. The second-order valence-corrected chi connectivity index (χ2v) is 7.38. The zero-order chi connectivity index (χ0) is 19.2. The fraction of sp³-hybridized carbons (Fsp3) is 0.238. The number of amidine groups is 1. The summed E-state index contributed by atoms with van der Waals surface area (Å²) in [6.45, 7) is 2.19. The van der Waals surface area contributed by atoms with Crippen LogP contribution in [0.5, 0.6) is 11.5 Å². The first-order valence-corrected chi connectivity index (χ1v) is 9.77. The van der Waals surface area contributed by atoms with Crippen molar-refractivity contribution in [3.8, 4) is 11.5 Å². The molecule has 0 spiro atoms. The van der Waals surface area contributed by atoms with E-state index in [4.69, 9.17) is 0 Å². The molecule has 1 amide bonds. The van der Waals surface area contributed by atoms with Crippen LogP contribution in [0.25, 0.3) is 6.08 Å². The van der Waals surface area contributed by atoms with Gasteiger partial charge in [0.25, 0.3) is 5.91 Å². The summed E-state index contributed by atoms with van der Waals surface area (Å²) in [5.74, 6) is -0.374. The highest BCUT2D eigenvalue weighted by atomic mass is 32.2. The monoisotopic (exact) mass is 382 g/mol. The van der Waals surface area contributed by atoms with Crippen LogP contribution in [0.3, 0.4) is 0 Å². The maximum atomic E-state index is 12.1. The number of hydrogen-bond donors (Lipinski definition) is 3. The molecular formula is C21H22N2O3S. The van der Waals surface area contributed by atoms with Gasteiger partial charge < -0.3 is 15.5 Å². The average molecular weight is 382 g/mol. The van der Waals surface area contributed by atoms with Crippen molar-refractivity contribution in [3.63, 3.8) is 0 Å². The quantitative estimate of drug-likeness (QED) is 0.499. The van der Waals surface area contributed by atoms with Crippen molar-refractivity contribution in [1.29, 1.82) is 0 Å². The summed E-state index contributed by atoms with van der Waals surface area (Å²) in [5.41, 5.74) is 2.54. The summed E-state index contributed by atoms with van der Waals surface area (Å²) < 4.78 is 0. The molecule has 6 heteroatoms. The third-order valence-corrected chi connectivity index (χ3v) is 5.10. The van der Waals surface area contributed by atoms with E-state index in [-0.39, 0.29) is 17.4 Å². The predicted molar refractivity (Wildman–Crippen MR) is 110 cm³/mol. The Labute approximate surface area is 162 Å². The maximum absolute atomic E-state index is 12.1. The van der Waals surface area contributed by atoms with Gasteiger partial charge in [-0.15, -0.1) is 0 Å². The topological polar surface area (TPSA) is 81.9 Å². The van der Waals surface area contributed by atoms with Crippen molar-refractivity contribution in [2.75, 3.05) is 0 Å². The van der Waals surface area contributed by atoms with E-state index in [0.29, 0.717) is 15.6 Å². The fourth-order valence-corrected chi connectivity index (χ4v) is 3.54. The molecule has 1 aliphatic rings. The molecule has 0 unspecified atom stereocenters. The number of aryl methyl sites for hydroxylation is 1. The van der Waals surface area contributed by atoms with Crippen molar-refractivity contribution in [2.45, 2.75) is 32.6 Å². The lowest BCUT2D eigenvalue weighted by Gasteiger charge is -2.02. The number of rotatable bonds is 6. The molecule has 3 rings (SSSR count). The number of carbonyl (C=O) groups is 1. The van der Waals surface area contributed by atoms with Crippen molar-refractivity contribution in [2.24, 2.45) is 4.99 Å². The van der Waals surface area contributed by atoms with Gasteiger partial charge in [0, 0.05) is 11.6 Å². The smallest absolute Gasteiger partial charge is 0.264 e. The number of hydrogen-bond acceptors (Lipinski definition) is 5. The van der Waals surface area contributed by atoms with Crippen molar-refractivity contribution < 1.29 is 15.0 Å². The number of benzene rings is 2. The Kier molecular flexibility index (Phi) is 6.19. The number of phenolic OH excluding ortho intramolecular Hbond substituents is 2. The summed E-state index contributed by atoms with van der Waals surface area (Å²) >= 11 is 1.22. The van der Waals surface area contributed by atoms with Gasteiger partial charge in [-0.05, 0) is 60.5 Å². The Hall–Kier alpha value is -2.73. The number of aliphatic imine (C=N–C) groups is 1. The van der Waals surface area contributed by atoms with Crippen LogP contribution in [0.15, 0.2) is 52.4 Å². The van der Waals surface area contributed by atoms with Crippen LogP contribution >= 0.6 is 11.8 Å². The molecule has 0 aliphatic carbocycles. The van der Waals surface area contributed by atoms with E-state index < -0.39 is 0 Å². The van der Waals surface area contributed by atoms with Gasteiger partial charge in [-0.2, -0.15) is 0 Å². The van der Waals surface area contributed by atoms with E-state index in [2.05, 4.69) is 29.4 Å². The maximum Gasteiger partial charge on any atom is 0.264 e. The number of thioether (sulfide) groups is 1. The van der Waals surface area contributed by atoms with Gasteiger partial charge in [0.05, 0.1) is 10.6 Å². The number of amides is 1. The molecule has 1 fully saturated rings. The molecule has 1 heterocycles. The molecule has 1 saturated heterocycles. The van der Waals surface area contributed by atoms with E-state index in [0.717, 1.165) is 12.1 Å². The SMILES string of the molecule is CCCCCc1ccc(N=C2NC(=O)/C(=C/c3ccc(O)cc3O)S2)cc1. The summed E-state index contributed by atoms with van der Waals surface area (Å²) in [7, 11) is 0. The van der Waals surface area contributed by atoms with Gasteiger partial charge >= 0.3 is 0 Å². The highest BCUT2D eigenvalue weighted by Gasteiger charge is 2.24. The second-order valence-electron chi connectivity index (χ2n) is 6.35. The third kappa shape index (κ3) is 5.14. The molecular weight excluding hydrogens is 360 g/mol. The summed E-state index contributed by atoms with van der Waals surface area (Å²) in [4.78, 5) is 17.1. The van der Waals surface area contributed by atoms with Gasteiger partial charge in [-0.25, -0.2) is 4.99 Å². The van der Waals surface area contributed by atoms with Gasteiger partial charge in [0.2, 0.25) is 0 Å². The Balaban J connectivity index is 1.70. The van der Waals surface area contributed by atoms with E-state index in [1.54, 1.807) is 12.1 Å². The summed E-state index contributed by atoms with van der Waals surface area (Å²) in [6.07, 6.45) is 6.28. The number of nitrogens with one attached hydrogen (secondary N) is 1. The van der Waals surface area contributed by atoms with E-state index in [9.17, 15) is 15.0 Å². The van der Waals surface area contributed by atoms with Crippen molar-refractivity contribution in [3.05, 3.63) is 58.5 Å². The first-order chi connectivity index (χ1) is 13.0.